The first-order chi connectivity index (χ1) is 24.7. The maximum atomic E-state index is 12.7. The van der Waals surface area contributed by atoms with Gasteiger partial charge in [0.15, 0.2) is 0 Å². The molecule has 12 nitrogen and oxygen atoms in total. The van der Waals surface area contributed by atoms with Crippen molar-refractivity contribution in [2.45, 2.75) is 46.5 Å². The molecule has 18 heteroatoms. The number of rotatable bonds is 6. The molecular formula is C34H38ClF3N10O2S2. The summed E-state index contributed by atoms with van der Waals surface area (Å²) in [6.07, 6.45) is -1.04. The number of carbonyl (C=O) groups excluding carboxylic acids is 2. The molecule has 4 heterocycles. The predicted octanol–water partition coefficient (Wildman–Crippen LogP) is 5.74. The Balaban J connectivity index is 0.000000202. The number of halogens is 4. The van der Waals surface area contributed by atoms with Crippen LogP contribution in [0.2, 0.25) is 5.02 Å². The minimum absolute atomic E-state index is 0.0243. The molecule has 2 fully saturated rings. The summed E-state index contributed by atoms with van der Waals surface area (Å²) in [7, 11) is 0. The van der Waals surface area contributed by atoms with Crippen molar-refractivity contribution in [3.8, 4) is 0 Å². The lowest BCUT2D eigenvalue weighted by Gasteiger charge is -2.35. The van der Waals surface area contributed by atoms with E-state index in [0.29, 0.717) is 54.9 Å². The Morgan fingerprint density at radius 3 is 1.60 bits per heavy atom. The van der Waals surface area contributed by atoms with Crippen molar-refractivity contribution in [3.63, 3.8) is 0 Å². The van der Waals surface area contributed by atoms with Crippen LogP contribution >= 0.6 is 35.1 Å². The third-order valence-electron chi connectivity index (χ3n) is 8.33. The summed E-state index contributed by atoms with van der Waals surface area (Å²) in [5, 5.41) is 0.719. The van der Waals surface area contributed by atoms with E-state index < -0.39 is 11.7 Å². The van der Waals surface area contributed by atoms with Crippen LogP contribution in [0.4, 0.5) is 36.7 Å². The molecule has 2 amide bonds. The Hall–Kier alpha value is -4.48. The van der Waals surface area contributed by atoms with Crippen LogP contribution in [0.1, 0.15) is 25.0 Å². The van der Waals surface area contributed by atoms with Gasteiger partial charge >= 0.3 is 6.18 Å². The van der Waals surface area contributed by atoms with Gasteiger partial charge in [-0.25, -0.2) is 9.97 Å². The van der Waals surface area contributed by atoms with Crippen LogP contribution < -0.4 is 21.3 Å². The molecule has 2 aromatic heterocycles. The van der Waals surface area contributed by atoms with Crippen LogP contribution in [0, 0.1) is 6.92 Å². The number of aromatic nitrogens is 4. The number of nitrogens with two attached hydrogens (primary N) is 2. The van der Waals surface area contributed by atoms with Gasteiger partial charge < -0.3 is 31.1 Å². The van der Waals surface area contributed by atoms with Crippen molar-refractivity contribution < 1.29 is 22.8 Å². The quantitative estimate of drug-likeness (QED) is 0.246. The fourth-order valence-corrected chi connectivity index (χ4v) is 7.59. The van der Waals surface area contributed by atoms with Crippen molar-refractivity contribution in [1.29, 1.82) is 0 Å². The van der Waals surface area contributed by atoms with Gasteiger partial charge in [0.2, 0.25) is 23.7 Å². The topological polar surface area (TPSA) is 151 Å². The van der Waals surface area contributed by atoms with E-state index in [1.807, 2.05) is 34.9 Å². The zero-order valence-electron chi connectivity index (χ0n) is 28.7. The summed E-state index contributed by atoms with van der Waals surface area (Å²) < 4.78 is 38.1. The SMILES string of the molecule is CC(=O)N1CCN(c2nc(N)ncc2Sc2ccc(C(F)(F)F)cc2)CC1.CC(=O)N1CCN(c2nc(N)ncc2Sc2ccc(Cl)cc2C)CC1. The number of benzene rings is 2. The van der Waals surface area contributed by atoms with E-state index in [4.69, 9.17) is 23.1 Å². The number of carbonyl (C=O) groups is 2. The molecule has 2 aliphatic heterocycles. The number of nitrogen functional groups attached to an aromatic ring is 2. The molecule has 0 aliphatic carbocycles. The normalized spacial score (nSPS) is 14.9. The van der Waals surface area contributed by atoms with Gasteiger partial charge in [-0.1, -0.05) is 35.1 Å². The van der Waals surface area contributed by atoms with Crippen molar-refractivity contribution in [3.05, 3.63) is 71.0 Å². The first-order valence-corrected chi connectivity index (χ1v) is 18.2. The molecule has 52 heavy (non-hydrogen) atoms. The second kappa shape index (κ2) is 16.9. The Bertz CT molecular complexity index is 1890. The molecule has 0 saturated carbocycles. The van der Waals surface area contributed by atoms with E-state index in [0.717, 1.165) is 51.4 Å². The molecule has 4 N–H and O–H groups in total. The minimum atomic E-state index is -4.37. The number of hydrogen-bond donors (Lipinski definition) is 2. The molecule has 2 aromatic carbocycles. The molecule has 2 aliphatic rings. The Kier molecular flexibility index (Phi) is 12.6. The first kappa shape index (κ1) is 38.7. The van der Waals surface area contributed by atoms with Crippen LogP contribution in [-0.4, -0.2) is 93.9 Å². The van der Waals surface area contributed by atoms with Crippen molar-refractivity contribution in [1.82, 2.24) is 29.7 Å². The van der Waals surface area contributed by atoms with Gasteiger partial charge in [-0.15, -0.1) is 0 Å². The lowest BCUT2D eigenvalue weighted by Crippen LogP contribution is -2.48. The zero-order valence-corrected chi connectivity index (χ0v) is 31.1. The Labute approximate surface area is 313 Å². The van der Waals surface area contributed by atoms with Gasteiger partial charge in [0.05, 0.1) is 15.4 Å². The van der Waals surface area contributed by atoms with E-state index in [9.17, 15) is 22.8 Å². The summed E-state index contributed by atoms with van der Waals surface area (Å²) in [6, 6.07) is 10.7. The van der Waals surface area contributed by atoms with E-state index in [2.05, 4.69) is 24.8 Å². The maximum Gasteiger partial charge on any atom is 0.416 e. The average molecular weight is 775 g/mol. The summed E-state index contributed by atoms with van der Waals surface area (Å²) in [6.45, 7) is 10.3. The second-order valence-corrected chi connectivity index (χ2v) is 14.6. The standard InChI is InChI=1S/C17H20ClN5OS.C17H18F3N5OS/c1-11-9-13(18)3-4-14(11)25-15-10-20-17(19)21-16(15)23-7-5-22(6-8-23)12(2)24;1-11(26)24-6-8-25(9-7-24)15-14(10-22-16(21)23-15)27-13-4-2-12(3-5-13)17(18,19)20/h3-4,9-10H,5-8H2,1-2H3,(H2,19,20,21);2-5,10H,6-9H2,1H3,(H2,21,22,23). The average Bonchev–Trinajstić information content (AvgIpc) is 3.11. The van der Waals surface area contributed by atoms with Crippen LogP contribution in [0.25, 0.3) is 0 Å². The van der Waals surface area contributed by atoms with Gasteiger partial charge in [-0.3, -0.25) is 9.59 Å². The summed E-state index contributed by atoms with van der Waals surface area (Å²) >= 11 is 8.91. The van der Waals surface area contributed by atoms with E-state index >= 15 is 0 Å². The third-order valence-corrected chi connectivity index (χ3v) is 10.8. The Morgan fingerprint density at radius 1 is 0.712 bits per heavy atom. The number of piperazine rings is 2. The summed E-state index contributed by atoms with van der Waals surface area (Å²) in [5.41, 5.74) is 11.9. The molecule has 276 valence electrons. The fourth-order valence-electron chi connectivity index (χ4n) is 5.50. The predicted molar refractivity (Wildman–Crippen MR) is 198 cm³/mol. The summed E-state index contributed by atoms with van der Waals surface area (Å²) in [5.74, 6) is 1.94. The van der Waals surface area contributed by atoms with Crippen molar-refractivity contribution in [2.75, 3.05) is 73.6 Å². The largest absolute Gasteiger partial charge is 0.416 e. The maximum absolute atomic E-state index is 12.7. The third kappa shape index (κ3) is 10.1. The highest BCUT2D eigenvalue weighted by Gasteiger charge is 2.30. The summed E-state index contributed by atoms with van der Waals surface area (Å²) in [4.78, 5) is 51.0. The Morgan fingerprint density at radius 2 is 1.17 bits per heavy atom. The molecule has 0 radical (unpaired) electrons. The van der Waals surface area contributed by atoms with Crippen LogP contribution in [0.3, 0.4) is 0 Å². The number of nitrogens with zero attached hydrogens (tertiary/aromatic N) is 8. The smallest absolute Gasteiger partial charge is 0.368 e. The fraction of sp³-hybridized carbons (Fsp3) is 0.353. The highest BCUT2D eigenvalue weighted by atomic mass is 35.5. The van der Waals surface area contributed by atoms with Gasteiger partial charge in [0.1, 0.15) is 11.6 Å². The highest BCUT2D eigenvalue weighted by Crippen LogP contribution is 2.38. The second-order valence-electron chi connectivity index (χ2n) is 12.0. The van der Waals surface area contributed by atoms with Crippen LogP contribution in [-0.2, 0) is 15.8 Å². The van der Waals surface area contributed by atoms with E-state index in [1.165, 1.54) is 30.8 Å². The molecule has 6 rings (SSSR count). The first-order valence-electron chi connectivity index (χ1n) is 16.2. The monoisotopic (exact) mass is 774 g/mol. The van der Waals surface area contributed by atoms with Gasteiger partial charge in [-0.05, 0) is 55.0 Å². The van der Waals surface area contributed by atoms with E-state index in [1.54, 1.807) is 36.0 Å². The van der Waals surface area contributed by atoms with Gasteiger partial charge in [0.25, 0.3) is 0 Å². The minimum Gasteiger partial charge on any atom is -0.368 e. The number of alkyl halides is 3. The van der Waals surface area contributed by atoms with Crippen molar-refractivity contribution in [2.24, 2.45) is 0 Å². The molecule has 4 aromatic rings. The zero-order chi connectivity index (χ0) is 37.6. The van der Waals surface area contributed by atoms with Crippen LogP contribution in [0.15, 0.2) is 74.4 Å². The molecule has 0 atom stereocenters. The van der Waals surface area contributed by atoms with E-state index in [-0.39, 0.29) is 23.7 Å². The number of anilines is 4. The lowest BCUT2D eigenvalue weighted by atomic mass is 10.2. The van der Waals surface area contributed by atoms with Crippen LogP contribution in [0.5, 0.6) is 0 Å². The van der Waals surface area contributed by atoms with Gasteiger partial charge in [-0.2, -0.15) is 23.1 Å². The number of amides is 2. The van der Waals surface area contributed by atoms with Gasteiger partial charge in [0, 0.05) is 93.4 Å². The molecule has 0 spiro atoms. The highest BCUT2D eigenvalue weighted by molar-refractivity contribution is 7.99. The molecular weight excluding hydrogens is 737 g/mol. The lowest BCUT2D eigenvalue weighted by molar-refractivity contribution is -0.137. The molecule has 0 unspecified atom stereocenters. The number of hydrogen-bond acceptors (Lipinski definition) is 12. The molecule has 0 bridgehead atoms. The van der Waals surface area contributed by atoms with Crippen molar-refractivity contribution >= 4 is 70.5 Å². The number of aryl methyl sites for hydroxylation is 1. The molecule has 2 saturated heterocycles.